The van der Waals surface area contributed by atoms with Crippen LogP contribution in [0.1, 0.15) is 29.5 Å². The number of hydrogen-bond acceptors (Lipinski definition) is 5. The topological polar surface area (TPSA) is 71.2 Å². The Balaban J connectivity index is 2.01. The summed E-state index contributed by atoms with van der Waals surface area (Å²) in [4.78, 5) is 5.68. The zero-order valence-corrected chi connectivity index (χ0v) is 11.6. The van der Waals surface area contributed by atoms with Crippen molar-refractivity contribution < 1.29 is 5.11 Å². The zero-order chi connectivity index (χ0) is 13.4. The molecule has 1 aliphatic rings. The summed E-state index contributed by atoms with van der Waals surface area (Å²) in [5.41, 5.74) is 9.69. The first kappa shape index (κ1) is 12.4. The first-order chi connectivity index (χ1) is 9.19. The largest absolute Gasteiger partial charge is 0.397 e. The third kappa shape index (κ3) is 2.19. The second-order valence-electron chi connectivity index (χ2n) is 4.79. The molecule has 2 aromatic rings. The van der Waals surface area contributed by atoms with Gasteiger partial charge in [0.1, 0.15) is 5.01 Å². The highest BCUT2D eigenvalue weighted by Crippen LogP contribution is 2.38. The molecule has 1 aromatic heterocycles. The monoisotopic (exact) mass is 275 g/mol. The molecule has 1 unspecified atom stereocenters. The van der Waals surface area contributed by atoms with Gasteiger partial charge < -0.3 is 16.2 Å². The first-order valence-corrected chi connectivity index (χ1v) is 7.26. The van der Waals surface area contributed by atoms with Crippen LogP contribution in [0.3, 0.4) is 0 Å². The Hall–Kier alpha value is -1.59. The van der Waals surface area contributed by atoms with Gasteiger partial charge in [0.05, 0.1) is 28.0 Å². The maximum Gasteiger partial charge on any atom is 0.124 e. The van der Waals surface area contributed by atoms with Gasteiger partial charge in [0.15, 0.2) is 0 Å². The average molecular weight is 275 g/mol. The average Bonchev–Trinajstić information content (AvgIpc) is 2.84. The summed E-state index contributed by atoms with van der Waals surface area (Å²) in [5.74, 6) is 0. The van der Waals surface area contributed by atoms with E-state index in [2.05, 4.69) is 10.3 Å². The van der Waals surface area contributed by atoms with Gasteiger partial charge in [-0.25, -0.2) is 4.98 Å². The highest BCUT2D eigenvalue weighted by molar-refractivity contribution is 7.15. The molecule has 4 nitrogen and oxygen atoms in total. The summed E-state index contributed by atoms with van der Waals surface area (Å²) >= 11 is 1.58. The molecule has 1 aromatic carbocycles. The summed E-state index contributed by atoms with van der Waals surface area (Å²) < 4.78 is 0. The number of anilines is 2. The molecule has 0 bridgehead atoms. The van der Waals surface area contributed by atoms with Crippen molar-refractivity contribution in [3.63, 3.8) is 0 Å². The van der Waals surface area contributed by atoms with Crippen molar-refractivity contribution >= 4 is 22.7 Å². The molecule has 0 amide bonds. The van der Waals surface area contributed by atoms with Crippen LogP contribution in [0.4, 0.5) is 11.4 Å². The van der Waals surface area contributed by atoms with Crippen LogP contribution in [0.5, 0.6) is 0 Å². The maximum absolute atomic E-state index is 9.99. The van der Waals surface area contributed by atoms with E-state index < -0.39 is 0 Å². The molecule has 100 valence electrons. The molecule has 0 saturated carbocycles. The minimum Gasteiger partial charge on any atom is -0.397 e. The molecule has 0 spiro atoms. The van der Waals surface area contributed by atoms with Crippen LogP contribution in [0.25, 0.3) is 10.6 Å². The van der Waals surface area contributed by atoms with Crippen LogP contribution >= 0.6 is 11.3 Å². The summed E-state index contributed by atoms with van der Waals surface area (Å²) in [7, 11) is 1.85. The quantitative estimate of drug-likeness (QED) is 0.737. The molecule has 3 rings (SSSR count). The number of aromatic nitrogens is 1. The fourth-order valence-corrected chi connectivity index (χ4v) is 3.57. The lowest BCUT2D eigenvalue weighted by atomic mass is 10.0. The van der Waals surface area contributed by atoms with Crippen LogP contribution in [-0.4, -0.2) is 17.1 Å². The number of nitrogens with one attached hydrogen (secondary N) is 1. The molecule has 4 N–H and O–H groups in total. The van der Waals surface area contributed by atoms with Gasteiger partial charge in [-0.3, -0.25) is 0 Å². The Morgan fingerprint density at radius 3 is 3.00 bits per heavy atom. The third-order valence-corrected chi connectivity index (χ3v) is 4.74. The highest BCUT2D eigenvalue weighted by Gasteiger charge is 2.23. The number of nitrogens with two attached hydrogens (primary N) is 1. The van der Waals surface area contributed by atoms with E-state index in [0.29, 0.717) is 5.69 Å². The Morgan fingerprint density at radius 1 is 1.47 bits per heavy atom. The van der Waals surface area contributed by atoms with Crippen molar-refractivity contribution in [3.05, 3.63) is 28.8 Å². The lowest BCUT2D eigenvalue weighted by molar-refractivity contribution is 0.160. The summed E-state index contributed by atoms with van der Waals surface area (Å²) in [6, 6.07) is 5.91. The molecular weight excluding hydrogens is 258 g/mol. The number of aryl methyl sites for hydroxylation is 1. The van der Waals surface area contributed by atoms with Crippen LogP contribution in [-0.2, 0) is 6.42 Å². The van der Waals surface area contributed by atoms with Gasteiger partial charge in [-0.05, 0) is 37.5 Å². The molecule has 0 aliphatic heterocycles. The summed E-state index contributed by atoms with van der Waals surface area (Å²) in [5, 5.41) is 14.0. The van der Waals surface area contributed by atoms with Gasteiger partial charge in [0, 0.05) is 12.6 Å². The number of thiazole rings is 1. The first-order valence-electron chi connectivity index (χ1n) is 6.44. The number of aliphatic hydroxyl groups excluding tert-OH is 1. The van der Waals surface area contributed by atoms with Crippen molar-refractivity contribution in [2.45, 2.75) is 25.4 Å². The summed E-state index contributed by atoms with van der Waals surface area (Å²) in [6.07, 6.45) is 2.48. The van der Waals surface area contributed by atoms with Crippen molar-refractivity contribution in [1.82, 2.24) is 4.98 Å². The van der Waals surface area contributed by atoms with Crippen LogP contribution in [0, 0.1) is 0 Å². The Bertz CT molecular complexity index is 609. The fourth-order valence-electron chi connectivity index (χ4n) is 2.44. The van der Waals surface area contributed by atoms with E-state index in [-0.39, 0.29) is 6.10 Å². The lowest BCUT2D eigenvalue weighted by Crippen LogP contribution is -2.06. The van der Waals surface area contributed by atoms with Gasteiger partial charge in [-0.15, -0.1) is 11.3 Å². The molecule has 19 heavy (non-hydrogen) atoms. The van der Waals surface area contributed by atoms with E-state index in [1.807, 2.05) is 25.2 Å². The van der Waals surface area contributed by atoms with E-state index in [1.165, 1.54) is 0 Å². The predicted octanol–water partition coefficient (Wildman–Crippen LogP) is 2.80. The number of nitrogens with zero attached hydrogens (tertiary/aromatic N) is 1. The second kappa shape index (κ2) is 4.83. The predicted molar refractivity (Wildman–Crippen MR) is 79.4 cm³/mol. The molecular formula is C14H17N3OS. The van der Waals surface area contributed by atoms with E-state index in [1.54, 1.807) is 11.3 Å². The highest BCUT2D eigenvalue weighted by atomic mass is 32.1. The van der Waals surface area contributed by atoms with Gasteiger partial charge in [-0.1, -0.05) is 0 Å². The minimum absolute atomic E-state index is 0.344. The molecule has 5 heteroatoms. The lowest BCUT2D eigenvalue weighted by Gasteiger charge is -2.14. The Morgan fingerprint density at radius 2 is 2.32 bits per heavy atom. The number of fused-ring (bicyclic) bond motifs is 1. The fraction of sp³-hybridized carbons (Fsp3) is 0.357. The standard InChI is InChI=1S/C14H17N3OS/c1-16-10-6-5-8(7-9(10)15)14-17-11-3-2-4-12(18)13(11)19-14/h5-7,12,16,18H,2-4,15H2,1H3. The van der Waals surface area contributed by atoms with Crippen LogP contribution < -0.4 is 11.1 Å². The normalized spacial score (nSPS) is 18.1. The van der Waals surface area contributed by atoms with Crippen molar-refractivity contribution in [3.8, 4) is 10.6 Å². The molecule has 1 aliphatic carbocycles. The maximum atomic E-state index is 9.99. The van der Waals surface area contributed by atoms with Crippen molar-refractivity contribution in [2.75, 3.05) is 18.1 Å². The van der Waals surface area contributed by atoms with Gasteiger partial charge in [0.2, 0.25) is 0 Å². The molecule has 0 fully saturated rings. The SMILES string of the molecule is CNc1ccc(-c2nc3c(s2)C(O)CCC3)cc1N. The van der Waals surface area contributed by atoms with Crippen molar-refractivity contribution in [1.29, 1.82) is 0 Å². The van der Waals surface area contributed by atoms with E-state index in [9.17, 15) is 5.11 Å². The zero-order valence-electron chi connectivity index (χ0n) is 10.8. The van der Waals surface area contributed by atoms with E-state index >= 15 is 0 Å². The Labute approximate surface area is 116 Å². The third-order valence-electron chi connectivity index (χ3n) is 3.49. The Kier molecular flexibility index (Phi) is 3.16. The minimum atomic E-state index is -0.344. The number of nitrogen functional groups attached to an aromatic ring is 1. The second-order valence-corrected chi connectivity index (χ2v) is 5.82. The molecule has 0 radical (unpaired) electrons. The molecule has 1 heterocycles. The smallest absolute Gasteiger partial charge is 0.124 e. The molecule has 0 saturated heterocycles. The number of aliphatic hydroxyl groups is 1. The van der Waals surface area contributed by atoms with Crippen LogP contribution in [0.15, 0.2) is 18.2 Å². The van der Waals surface area contributed by atoms with Gasteiger partial charge >= 0.3 is 0 Å². The van der Waals surface area contributed by atoms with Crippen molar-refractivity contribution in [2.24, 2.45) is 0 Å². The van der Waals surface area contributed by atoms with E-state index in [4.69, 9.17) is 5.73 Å². The summed E-state index contributed by atoms with van der Waals surface area (Å²) in [6.45, 7) is 0. The van der Waals surface area contributed by atoms with Crippen LogP contribution in [0.2, 0.25) is 0 Å². The van der Waals surface area contributed by atoms with E-state index in [0.717, 1.165) is 46.1 Å². The molecule has 1 atom stereocenters. The van der Waals surface area contributed by atoms with Gasteiger partial charge in [-0.2, -0.15) is 0 Å². The van der Waals surface area contributed by atoms with Gasteiger partial charge in [0.25, 0.3) is 0 Å². The number of rotatable bonds is 2. The number of hydrogen-bond donors (Lipinski definition) is 3. The number of benzene rings is 1.